The summed E-state index contributed by atoms with van der Waals surface area (Å²) in [6.07, 6.45) is 3.75. The first kappa shape index (κ1) is 14.0. The fraction of sp³-hybridized carbons (Fsp3) is 0.647. The lowest BCUT2D eigenvalue weighted by Gasteiger charge is -2.39. The summed E-state index contributed by atoms with van der Waals surface area (Å²) < 4.78 is 26.4. The zero-order chi connectivity index (χ0) is 14.5. The molecular weight excluding hydrogens is 256 g/mol. The number of halogens is 2. The fourth-order valence-electron chi connectivity index (χ4n) is 4.47. The molecule has 3 unspecified atom stereocenters. The molecule has 1 aromatic rings. The highest BCUT2D eigenvalue weighted by Crippen LogP contribution is 2.65. The maximum atomic E-state index is 13.2. The zero-order valence-electron chi connectivity index (χ0n) is 12.5. The third-order valence-electron chi connectivity index (χ3n) is 6.27. The molecule has 2 aliphatic rings. The second-order valence-electron chi connectivity index (χ2n) is 7.32. The molecular formula is C17H23F2N. The summed E-state index contributed by atoms with van der Waals surface area (Å²) in [4.78, 5) is 0. The molecule has 0 aliphatic heterocycles. The van der Waals surface area contributed by atoms with E-state index < -0.39 is 11.6 Å². The van der Waals surface area contributed by atoms with Crippen molar-refractivity contribution in [2.45, 2.75) is 52.6 Å². The van der Waals surface area contributed by atoms with E-state index in [1.807, 2.05) is 0 Å². The van der Waals surface area contributed by atoms with E-state index in [0.29, 0.717) is 29.0 Å². The Bertz CT molecular complexity index is 505. The molecule has 0 saturated heterocycles. The van der Waals surface area contributed by atoms with Crippen LogP contribution in [0.25, 0.3) is 0 Å². The summed E-state index contributed by atoms with van der Waals surface area (Å²) in [5.74, 6) is -0.225. The predicted octanol–water partition coefficient (Wildman–Crippen LogP) is 4.27. The van der Waals surface area contributed by atoms with Crippen LogP contribution in [-0.4, -0.2) is 6.04 Å². The van der Waals surface area contributed by atoms with Crippen molar-refractivity contribution >= 4 is 0 Å². The molecule has 0 amide bonds. The highest BCUT2D eigenvalue weighted by molar-refractivity contribution is 5.19. The van der Waals surface area contributed by atoms with Crippen LogP contribution >= 0.6 is 0 Å². The zero-order valence-corrected chi connectivity index (χ0v) is 12.5. The Morgan fingerprint density at radius 3 is 2.30 bits per heavy atom. The van der Waals surface area contributed by atoms with Gasteiger partial charge in [-0.05, 0) is 53.7 Å². The first-order valence-corrected chi connectivity index (χ1v) is 7.51. The summed E-state index contributed by atoms with van der Waals surface area (Å²) in [5.41, 5.74) is 1.34. The van der Waals surface area contributed by atoms with Crippen LogP contribution in [0.3, 0.4) is 0 Å². The van der Waals surface area contributed by atoms with E-state index in [1.165, 1.54) is 31.4 Å². The van der Waals surface area contributed by atoms with E-state index >= 15 is 0 Å². The maximum Gasteiger partial charge on any atom is 0.126 e. The predicted molar refractivity (Wildman–Crippen MR) is 76.2 cm³/mol. The number of hydrogen-bond acceptors (Lipinski definition) is 1. The quantitative estimate of drug-likeness (QED) is 0.871. The second kappa shape index (κ2) is 4.52. The van der Waals surface area contributed by atoms with Gasteiger partial charge in [-0.15, -0.1) is 0 Å². The van der Waals surface area contributed by atoms with Crippen LogP contribution < -0.4 is 5.32 Å². The van der Waals surface area contributed by atoms with Gasteiger partial charge in [0, 0.05) is 18.7 Å². The molecule has 3 rings (SSSR count). The minimum absolute atomic E-state index is 0.295. The Kier molecular flexibility index (Phi) is 3.16. The standard InChI is InChI=1S/C17H23F2N/c1-16(2)12-4-5-17(16,3)15(8-12)20-10-11-6-13(18)9-14(19)7-11/h6-7,9,12,15,20H,4-5,8,10H2,1-3H3. The molecule has 0 heterocycles. The molecule has 0 aromatic heterocycles. The van der Waals surface area contributed by atoms with E-state index in [2.05, 4.69) is 26.1 Å². The number of benzene rings is 1. The van der Waals surface area contributed by atoms with Gasteiger partial charge >= 0.3 is 0 Å². The third kappa shape index (κ3) is 1.98. The molecule has 3 heteroatoms. The molecule has 2 saturated carbocycles. The van der Waals surface area contributed by atoms with Crippen molar-refractivity contribution < 1.29 is 8.78 Å². The van der Waals surface area contributed by atoms with Crippen molar-refractivity contribution in [1.29, 1.82) is 0 Å². The third-order valence-corrected chi connectivity index (χ3v) is 6.27. The first-order chi connectivity index (χ1) is 9.33. The SMILES string of the molecule is CC1(C)C2CCC1(C)C(NCc1cc(F)cc(F)c1)C2. The van der Waals surface area contributed by atoms with Crippen molar-refractivity contribution in [3.8, 4) is 0 Å². The van der Waals surface area contributed by atoms with E-state index in [0.717, 1.165) is 12.0 Å². The molecule has 20 heavy (non-hydrogen) atoms. The summed E-state index contributed by atoms with van der Waals surface area (Å²) in [6, 6.07) is 4.20. The number of hydrogen-bond donors (Lipinski definition) is 1. The lowest BCUT2D eigenvalue weighted by molar-refractivity contribution is 0.120. The summed E-state index contributed by atoms with van der Waals surface area (Å²) in [7, 11) is 0. The molecule has 0 radical (unpaired) electrons. The molecule has 2 aliphatic carbocycles. The summed E-state index contributed by atoms with van der Waals surface area (Å²) in [6.45, 7) is 7.64. The van der Waals surface area contributed by atoms with Gasteiger partial charge in [-0.2, -0.15) is 0 Å². The smallest absolute Gasteiger partial charge is 0.126 e. The lowest BCUT2D eigenvalue weighted by Crippen LogP contribution is -2.44. The number of rotatable bonds is 3. The van der Waals surface area contributed by atoms with E-state index in [-0.39, 0.29) is 0 Å². The first-order valence-electron chi connectivity index (χ1n) is 7.51. The molecule has 3 atom stereocenters. The summed E-state index contributed by atoms with van der Waals surface area (Å²) in [5, 5.41) is 3.55. The average Bonchev–Trinajstić information content (AvgIpc) is 2.67. The van der Waals surface area contributed by atoms with Gasteiger partial charge in [0.15, 0.2) is 0 Å². The van der Waals surface area contributed by atoms with Crippen molar-refractivity contribution in [3.05, 3.63) is 35.4 Å². The molecule has 2 bridgehead atoms. The monoisotopic (exact) mass is 279 g/mol. The van der Waals surface area contributed by atoms with Gasteiger partial charge in [-0.1, -0.05) is 20.8 Å². The molecule has 2 fully saturated rings. The van der Waals surface area contributed by atoms with Crippen LogP contribution in [0.15, 0.2) is 18.2 Å². The topological polar surface area (TPSA) is 12.0 Å². The number of fused-ring (bicyclic) bond motifs is 2. The summed E-state index contributed by atoms with van der Waals surface area (Å²) >= 11 is 0. The van der Waals surface area contributed by atoms with Gasteiger partial charge < -0.3 is 5.32 Å². The maximum absolute atomic E-state index is 13.2. The van der Waals surface area contributed by atoms with E-state index in [1.54, 1.807) is 0 Å². The molecule has 1 nitrogen and oxygen atoms in total. The van der Waals surface area contributed by atoms with Crippen LogP contribution in [-0.2, 0) is 6.54 Å². The van der Waals surface area contributed by atoms with Crippen molar-refractivity contribution in [3.63, 3.8) is 0 Å². The minimum atomic E-state index is -0.499. The lowest BCUT2D eigenvalue weighted by atomic mass is 9.69. The van der Waals surface area contributed by atoms with Gasteiger partial charge in [-0.25, -0.2) is 8.78 Å². The van der Waals surface area contributed by atoms with Gasteiger partial charge in [0.25, 0.3) is 0 Å². The van der Waals surface area contributed by atoms with E-state index in [9.17, 15) is 8.78 Å². The van der Waals surface area contributed by atoms with Gasteiger partial charge in [0.05, 0.1) is 0 Å². The Hall–Kier alpha value is -0.960. The Balaban J connectivity index is 1.71. The van der Waals surface area contributed by atoms with Gasteiger partial charge in [-0.3, -0.25) is 0 Å². The average molecular weight is 279 g/mol. The molecule has 1 N–H and O–H groups in total. The molecule has 1 aromatic carbocycles. The van der Waals surface area contributed by atoms with Crippen molar-refractivity contribution in [2.75, 3.05) is 0 Å². The van der Waals surface area contributed by atoms with Crippen LogP contribution in [0.2, 0.25) is 0 Å². The van der Waals surface area contributed by atoms with Crippen LogP contribution in [0.5, 0.6) is 0 Å². The fourth-order valence-corrected chi connectivity index (χ4v) is 4.47. The minimum Gasteiger partial charge on any atom is -0.309 e. The number of nitrogens with one attached hydrogen (secondary N) is 1. The van der Waals surface area contributed by atoms with Gasteiger partial charge in [0.2, 0.25) is 0 Å². The molecule has 110 valence electrons. The van der Waals surface area contributed by atoms with E-state index in [4.69, 9.17) is 0 Å². The van der Waals surface area contributed by atoms with Crippen LogP contribution in [0.1, 0.15) is 45.6 Å². The van der Waals surface area contributed by atoms with Crippen LogP contribution in [0.4, 0.5) is 8.78 Å². The Morgan fingerprint density at radius 2 is 1.80 bits per heavy atom. The Labute approximate surface area is 119 Å². The second-order valence-corrected chi connectivity index (χ2v) is 7.32. The largest absolute Gasteiger partial charge is 0.309 e. The van der Waals surface area contributed by atoms with Gasteiger partial charge in [0.1, 0.15) is 11.6 Å². The highest BCUT2D eigenvalue weighted by atomic mass is 19.1. The highest BCUT2D eigenvalue weighted by Gasteiger charge is 2.60. The van der Waals surface area contributed by atoms with Crippen molar-refractivity contribution in [2.24, 2.45) is 16.7 Å². The molecule has 0 spiro atoms. The normalized spacial score (nSPS) is 34.6. The van der Waals surface area contributed by atoms with Crippen molar-refractivity contribution in [1.82, 2.24) is 5.32 Å². The Morgan fingerprint density at radius 1 is 1.15 bits per heavy atom. The van der Waals surface area contributed by atoms with Crippen LogP contribution in [0, 0.1) is 28.4 Å².